The number of rotatable bonds is 5. The summed E-state index contributed by atoms with van der Waals surface area (Å²) in [5.74, 6) is -0.555. The van der Waals surface area contributed by atoms with Crippen LogP contribution >= 0.6 is 23.2 Å². The molecule has 1 aromatic carbocycles. The van der Waals surface area contributed by atoms with Gasteiger partial charge in [-0.3, -0.25) is 24.6 Å². The summed E-state index contributed by atoms with van der Waals surface area (Å²) < 4.78 is 1.07. The number of nitro groups is 1. The maximum Gasteiger partial charge on any atom is 0.325 e. The van der Waals surface area contributed by atoms with Crippen LogP contribution in [0.4, 0.5) is 10.5 Å². The number of carbonyl (C=O) groups excluding carboxylic acids is 2. The summed E-state index contributed by atoms with van der Waals surface area (Å²) in [6.45, 7) is 1.28. The SMILES string of the molecule is CC1(c2ccc(Cl)cc2Cl)NC(=O)N(CCn2cc([N+](=O)[O-])ccc2=O)C1=O. The number of carbonyl (C=O) groups is 2. The van der Waals surface area contributed by atoms with Crippen molar-refractivity contribution >= 4 is 40.8 Å². The molecule has 1 fully saturated rings. The van der Waals surface area contributed by atoms with E-state index in [4.69, 9.17) is 23.2 Å². The molecule has 0 saturated carbocycles. The van der Waals surface area contributed by atoms with Gasteiger partial charge in [-0.2, -0.15) is 0 Å². The van der Waals surface area contributed by atoms with Gasteiger partial charge >= 0.3 is 6.03 Å². The molecule has 146 valence electrons. The number of pyridine rings is 1. The minimum atomic E-state index is -1.40. The van der Waals surface area contributed by atoms with Crippen LogP contribution in [0.25, 0.3) is 0 Å². The normalized spacial score (nSPS) is 19.0. The standard InChI is InChI=1S/C17H14Cl2N4O5/c1-17(12-4-2-10(18)8-13(12)19)15(25)22(16(26)20-17)7-6-21-9-11(23(27)28)3-5-14(21)24/h2-5,8-9H,6-7H2,1H3,(H,20,26). The third kappa shape index (κ3) is 3.46. The summed E-state index contributed by atoms with van der Waals surface area (Å²) in [6, 6.07) is 6.07. The number of imide groups is 1. The van der Waals surface area contributed by atoms with Crippen LogP contribution < -0.4 is 10.9 Å². The first-order valence-electron chi connectivity index (χ1n) is 8.08. The smallest absolute Gasteiger partial charge is 0.319 e. The van der Waals surface area contributed by atoms with Crippen LogP contribution in [0.3, 0.4) is 0 Å². The molecule has 2 heterocycles. The molecule has 1 aliphatic heterocycles. The quantitative estimate of drug-likeness (QED) is 0.449. The fourth-order valence-electron chi connectivity index (χ4n) is 2.99. The third-order valence-electron chi connectivity index (χ3n) is 4.49. The maximum atomic E-state index is 12.9. The van der Waals surface area contributed by atoms with Crippen LogP contribution in [0, 0.1) is 10.1 Å². The third-order valence-corrected chi connectivity index (χ3v) is 5.04. The van der Waals surface area contributed by atoms with Crippen molar-refractivity contribution in [2.45, 2.75) is 19.0 Å². The molecule has 28 heavy (non-hydrogen) atoms. The largest absolute Gasteiger partial charge is 0.325 e. The van der Waals surface area contributed by atoms with Gasteiger partial charge in [-0.15, -0.1) is 0 Å². The molecule has 0 bridgehead atoms. The number of halogens is 2. The lowest BCUT2D eigenvalue weighted by atomic mass is 9.92. The lowest BCUT2D eigenvalue weighted by Gasteiger charge is -2.23. The highest BCUT2D eigenvalue weighted by Gasteiger charge is 2.49. The first-order valence-corrected chi connectivity index (χ1v) is 8.83. The Morgan fingerprint density at radius 2 is 1.86 bits per heavy atom. The Morgan fingerprint density at radius 3 is 2.50 bits per heavy atom. The van der Waals surface area contributed by atoms with Gasteiger partial charge in [0, 0.05) is 40.8 Å². The highest BCUT2D eigenvalue weighted by Crippen LogP contribution is 2.34. The zero-order chi connectivity index (χ0) is 20.6. The van der Waals surface area contributed by atoms with E-state index in [1.165, 1.54) is 13.0 Å². The van der Waals surface area contributed by atoms with E-state index in [9.17, 15) is 24.5 Å². The highest BCUT2D eigenvalue weighted by atomic mass is 35.5. The molecule has 0 radical (unpaired) electrons. The Kier molecular flexibility index (Phi) is 5.14. The predicted octanol–water partition coefficient (Wildman–Crippen LogP) is 2.53. The summed E-state index contributed by atoms with van der Waals surface area (Å²) in [6.07, 6.45) is 1.07. The fourth-order valence-corrected chi connectivity index (χ4v) is 3.58. The van der Waals surface area contributed by atoms with Gasteiger partial charge in [0.05, 0.1) is 11.1 Å². The molecule has 0 aliphatic carbocycles. The van der Waals surface area contributed by atoms with Crippen molar-refractivity contribution in [3.8, 4) is 0 Å². The molecule has 1 N–H and O–H groups in total. The van der Waals surface area contributed by atoms with E-state index in [2.05, 4.69) is 5.32 Å². The molecule has 1 atom stereocenters. The molecular weight excluding hydrogens is 411 g/mol. The van der Waals surface area contributed by atoms with Crippen LogP contribution in [0.5, 0.6) is 0 Å². The van der Waals surface area contributed by atoms with Crippen molar-refractivity contribution in [1.82, 2.24) is 14.8 Å². The first kappa shape index (κ1) is 19.8. The lowest BCUT2D eigenvalue weighted by molar-refractivity contribution is -0.385. The van der Waals surface area contributed by atoms with E-state index in [1.807, 2.05) is 0 Å². The molecule has 11 heteroatoms. The van der Waals surface area contributed by atoms with Crippen LogP contribution in [-0.2, 0) is 16.9 Å². The van der Waals surface area contributed by atoms with Crippen molar-refractivity contribution in [3.63, 3.8) is 0 Å². The van der Waals surface area contributed by atoms with E-state index >= 15 is 0 Å². The van der Waals surface area contributed by atoms with E-state index in [1.54, 1.807) is 12.1 Å². The number of amides is 3. The van der Waals surface area contributed by atoms with Crippen molar-refractivity contribution in [3.05, 3.63) is 72.6 Å². The summed E-state index contributed by atoms with van der Waals surface area (Å²) in [5.41, 5.74) is -1.77. The summed E-state index contributed by atoms with van der Waals surface area (Å²) in [4.78, 5) is 48.3. The Hall–Kier alpha value is -2.91. The molecule has 2 aromatic rings. The van der Waals surface area contributed by atoms with Crippen molar-refractivity contribution in [2.75, 3.05) is 6.54 Å². The van der Waals surface area contributed by atoms with E-state index in [0.29, 0.717) is 10.6 Å². The molecule has 1 aromatic heterocycles. The Balaban J connectivity index is 1.84. The number of hydrogen-bond acceptors (Lipinski definition) is 5. The summed E-state index contributed by atoms with van der Waals surface area (Å²) in [5, 5.41) is 14.1. The van der Waals surface area contributed by atoms with Crippen LogP contribution in [0.2, 0.25) is 10.0 Å². The molecule has 1 unspecified atom stereocenters. The number of urea groups is 1. The Morgan fingerprint density at radius 1 is 1.14 bits per heavy atom. The van der Waals surface area contributed by atoms with E-state index < -0.39 is 28.0 Å². The number of nitrogens with one attached hydrogen (secondary N) is 1. The zero-order valence-corrected chi connectivity index (χ0v) is 16.0. The molecule has 3 rings (SSSR count). The average molecular weight is 425 g/mol. The zero-order valence-electron chi connectivity index (χ0n) is 14.5. The van der Waals surface area contributed by atoms with Crippen molar-refractivity contribution in [2.24, 2.45) is 0 Å². The van der Waals surface area contributed by atoms with E-state index in [-0.39, 0.29) is 23.8 Å². The number of aromatic nitrogens is 1. The van der Waals surface area contributed by atoms with Crippen LogP contribution in [0.1, 0.15) is 12.5 Å². The van der Waals surface area contributed by atoms with Gasteiger partial charge < -0.3 is 9.88 Å². The molecular formula is C17H14Cl2N4O5. The van der Waals surface area contributed by atoms with Gasteiger partial charge in [-0.05, 0) is 19.1 Å². The van der Waals surface area contributed by atoms with Gasteiger partial charge in [0.1, 0.15) is 5.54 Å². The molecule has 1 saturated heterocycles. The van der Waals surface area contributed by atoms with Crippen molar-refractivity contribution in [1.29, 1.82) is 0 Å². The summed E-state index contributed by atoms with van der Waals surface area (Å²) in [7, 11) is 0. The van der Waals surface area contributed by atoms with Crippen LogP contribution in [-0.4, -0.2) is 32.9 Å². The summed E-state index contributed by atoms with van der Waals surface area (Å²) >= 11 is 12.1. The van der Waals surface area contributed by atoms with E-state index in [0.717, 1.165) is 27.8 Å². The minimum Gasteiger partial charge on any atom is -0.319 e. The van der Waals surface area contributed by atoms with Gasteiger partial charge in [-0.25, -0.2) is 4.79 Å². The number of benzene rings is 1. The van der Waals surface area contributed by atoms with Gasteiger partial charge in [0.2, 0.25) is 0 Å². The second-order valence-corrected chi connectivity index (χ2v) is 7.16. The second kappa shape index (κ2) is 7.25. The lowest BCUT2D eigenvalue weighted by Crippen LogP contribution is -2.41. The number of nitrogens with zero attached hydrogens (tertiary/aromatic N) is 3. The first-order chi connectivity index (χ1) is 13.1. The molecule has 3 amide bonds. The maximum absolute atomic E-state index is 12.9. The van der Waals surface area contributed by atoms with Gasteiger partial charge in [0.25, 0.3) is 17.2 Å². The Bertz CT molecular complexity index is 1050. The topological polar surface area (TPSA) is 115 Å². The van der Waals surface area contributed by atoms with Crippen LogP contribution in [0.15, 0.2) is 41.3 Å². The predicted molar refractivity (Wildman–Crippen MR) is 101 cm³/mol. The number of hydrogen-bond donors (Lipinski definition) is 1. The van der Waals surface area contributed by atoms with Gasteiger partial charge in [0.15, 0.2) is 0 Å². The van der Waals surface area contributed by atoms with Crippen molar-refractivity contribution < 1.29 is 14.5 Å². The average Bonchev–Trinajstić information content (AvgIpc) is 2.83. The Labute approximate surface area is 168 Å². The fraction of sp³-hybridized carbons (Fsp3) is 0.235. The molecule has 1 aliphatic rings. The van der Waals surface area contributed by atoms with Gasteiger partial charge in [-0.1, -0.05) is 29.3 Å². The minimum absolute atomic E-state index is 0.0932. The molecule has 9 nitrogen and oxygen atoms in total. The highest BCUT2D eigenvalue weighted by molar-refractivity contribution is 6.35. The molecule has 0 spiro atoms. The monoisotopic (exact) mass is 424 g/mol. The second-order valence-electron chi connectivity index (χ2n) is 6.31.